The fraction of sp³-hybridized carbons (Fsp3) is 0.222. The molecule has 34 heavy (non-hydrogen) atoms. The van der Waals surface area contributed by atoms with Crippen LogP contribution in [0.1, 0.15) is 47.9 Å². The summed E-state index contributed by atoms with van der Waals surface area (Å²) in [4.78, 5) is 27.2. The first kappa shape index (κ1) is 24.9. The molecule has 3 rings (SSSR count). The van der Waals surface area contributed by atoms with E-state index in [2.05, 4.69) is 10.6 Å². The van der Waals surface area contributed by atoms with Crippen LogP contribution in [0, 0.1) is 0 Å². The molecular formula is C27H29N3O3S. The molecule has 0 heterocycles. The highest BCUT2D eigenvalue weighted by molar-refractivity contribution is 7.80. The summed E-state index contributed by atoms with van der Waals surface area (Å²) in [5.74, 6) is 0.216. The van der Waals surface area contributed by atoms with E-state index in [9.17, 15) is 9.59 Å². The van der Waals surface area contributed by atoms with E-state index in [1.807, 2.05) is 57.2 Å². The van der Waals surface area contributed by atoms with Crippen LogP contribution in [0.5, 0.6) is 5.75 Å². The van der Waals surface area contributed by atoms with Crippen LogP contribution >= 0.6 is 12.2 Å². The third kappa shape index (κ3) is 6.65. The highest BCUT2D eigenvalue weighted by Crippen LogP contribution is 2.19. The molecule has 0 aliphatic carbocycles. The van der Waals surface area contributed by atoms with E-state index < -0.39 is 0 Å². The first-order chi connectivity index (χ1) is 16.4. The van der Waals surface area contributed by atoms with Gasteiger partial charge in [-0.1, -0.05) is 31.2 Å². The lowest BCUT2D eigenvalue weighted by Gasteiger charge is -2.21. The number of carbonyl (C=O) groups is 2. The Morgan fingerprint density at radius 1 is 0.941 bits per heavy atom. The van der Waals surface area contributed by atoms with E-state index in [1.54, 1.807) is 47.4 Å². The van der Waals surface area contributed by atoms with Crippen LogP contribution < -0.4 is 20.3 Å². The van der Waals surface area contributed by atoms with E-state index in [0.717, 1.165) is 12.1 Å². The molecule has 0 aliphatic heterocycles. The summed E-state index contributed by atoms with van der Waals surface area (Å²) in [6.07, 6.45) is 0.936. The topological polar surface area (TPSA) is 70.7 Å². The van der Waals surface area contributed by atoms with E-state index in [4.69, 9.17) is 17.0 Å². The smallest absolute Gasteiger partial charge is 0.258 e. The van der Waals surface area contributed by atoms with E-state index in [-0.39, 0.29) is 23.0 Å². The molecule has 3 aromatic rings. The second-order valence-corrected chi connectivity index (χ2v) is 8.14. The van der Waals surface area contributed by atoms with Gasteiger partial charge in [-0.2, -0.15) is 0 Å². The summed E-state index contributed by atoms with van der Waals surface area (Å²) < 4.78 is 5.78. The number of carbonyl (C=O) groups excluding carboxylic acids is 2. The molecule has 2 amide bonds. The molecule has 0 saturated carbocycles. The van der Waals surface area contributed by atoms with Crippen LogP contribution in [0.15, 0.2) is 78.9 Å². The number of nitrogens with zero attached hydrogens (tertiary/aromatic N) is 1. The fourth-order valence-electron chi connectivity index (χ4n) is 3.27. The zero-order valence-corrected chi connectivity index (χ0v) is 20.4. The Morgan fingerprint density at radius 2 is 1.65 bits per heavy atom. The number of rotatable bonds is 8. The van der Waals surface area contributed by atoms with Gasteiger partial charge in [-0.05, 0) is 87.1 Å². The molecule has 2 N–H and O–H groups in total. The minimum absolute atomic E-state index is 0.0630. The summed E-state index contributed by atoms with van der Waals surface area (Å²) in [6.45, 7) is 6.51. The quantitative estimate of drug-likeness (QED) is 0.412. The van der Waals surface area contributed by atoms with Crippen LogP contribution in [0.3, 0.4) is 0 Å². The average molecular weight is 476 g/mol. The molecule has 0 spiro atoms. The maximum atomic E-state index is 12.9. The van der Waals surface area contributed by atoms with Crippen molar-refractivity contribution in [3.8, 4) is 5.75 Å². The number of benzene rings is 3. The Bertz CT molecular complexity index is 1130. The second-order valence-electron chi connectivity index (χ2n) is 7.74. The second kappa shape index (κ2) is 12.0. The van der Waals surface area contributed by atoms with E-state index >= 15 is 0 Å². The van der Waals surface area contributed by atoms with Crippen molar-refractivity contribution in [3.63, 3.8) is 0 Å². The first-order valence-electron chi connectivity index (χ1n) is 11.3. The highest BCUT2D eigenvalue weighted by Gasteiger charge is 2.16. The van der Waals surface area contributed by atoms with Crippen LogP contribution in [0.25, 0.3) is 0 Å². The van der Waals surface area contributed by atoms with Gasteiger partial charge in [0.2, 0.25) is 0 Å². The first-order valence-corrected chi connectivity index (χ1v) is 11.7. The molecule has 6 nitrogen and oxygen atoms in total. The number of amides is 2. The molecule has 7 heteroatoms. The van der Waals surface area contributed by atoms with Crippen molar-refractivity contribution in [2.24, 2.45) is 0 Å². The minimum atomic E-state index is -0.333. The normalized spacial score (nSPS) is 11.3. The van der Waals surface area contributed by atoms with Crippen molar-refractivity contribution in [3.05, 3.63) is 90.0 Å². The molecule has 0 radical (unpaired) electrons. The zero-order chi connectivity index (χ0) is 24.5. The van der Waals surface area contributed by atoms with Gasteiger partial charge in [-0.15, -0.1) is 0 Å². The van der Waals surface area contributed by atoms with Gasteiger partial charge in [0.05, 0.1) is 6.10 Å². The molecule has 0 fully saturated rings. The summed E-state index contributed by atoms with van der Waals surface area (Å²) in [5, 5.41) is 5.82. The van der Waals surface area contributed by atoms with Crippen molar-refractivity contribution in [1.82, 2.24) is 5.32 Å². The molecule has 0 saturated heterocycles. The summed E-state index contributed by atoms with van der Waals surface area (Å²) in [7, 11) is 0. The van der Waals surface area contributed by atoms with Crippen molar-refractivity contribution in [1.29, 1.82) is 0 Å². The molecular weight excluding hydrogens is 446 g/mol. The average Bonchev–Trinajstić information content (AvgIpc) is 2.85. The SMILES string of the molecule is CCC(C)Oc1cccc(C(=O)NC(=S)Nc2ccc(C(=O)N(CC)c3ccccc3)cc2)c1. The molecule has 1 unspecified atom stereocenters. The van der Waals surface area contributed by atoms with Crippen LogP contribution in [-0.4, -0.2) is 29.6 Å². The van der Waals surface area contributed by atoms with E-state index in [0.29, 0.717) is 29.1 Å². The van der Waals surface area contributed by atoms with Crippen molar-refractivity contribution in [2.75, 3.05) is 16.8 Å². The van der Waals surface area contributed by atoms with Crippen LogP contribution in [0.2, 0.25) is 0 Å². The number of hydrogen-bond donors (Lipinski definition) is 2. The zero-order valence-electron chi connectivity index (χ0n) is 19.6. The maximum absolute atomic E-state index is 12.9. The molecule has 3 aromatic carbocycles. The third-order valence-corrected chi connectivity index (χ3v) is 5.46. The Kier molecular flexibility index (Phi) is 8.76. The van der Waals surface area contributed by atoms with Gasteiger partial charge >= 0.3 is 0 Å². The van der Waals surface area contributed by atoms with Crippen LogP contribution in [0.4, 0.5) is 11.4 Å². The Labute approximate surface area is 205 Å². The number of anilines is 2. The summed E-state index contributed by atoms with van der Waals surface area (Å²) in [6, 6.07) is 23.5. The number of nitrogens with one attached hydrogen (secondary N) is 2. The molecule has 0 aliphatic rings. The predicted octanol–water partition coefficient (Wildman–Crippen LogP) is 5.66. The van der Waals surface area contributed by atoms with Gasteiger partial charge < -0.3 is 15.0 Å². The number of ether oxygens (including phenoxy) is 1. The standard InChI is InChI=1S/C27H29N3O3S/c1-4-19(3)33-24-13-9-10-21(18-24)25(31)29-27(34)28-22-16-14-20(15-17-22)26(32)30(5-2)23-11-7-6-8-12-23/h6-19H,4-5H2,1-3H3,(H2,28,29,31,34). The van der Waals surface area contributed by atoms with Gasteiger partial charge in [0.1, 0.15) is 5.75 Å². The lowest BCUT2D eigenvalue weighted by molar-refractivity contribution is 0.0973. The van der Waals surface area contributed by atoms with Gasteiger partial charge in [-0.25, -0.2) is 0 Å². The lowest BCUT2D eigenvalue weighted by Crippen LogP contribution is -2.34. The third-order valence-electron chi connectivity index (χ3n) is 5.25. The predicted molar refractivity (Wildman–Crippen MR) is 141 cm³/mol. The Hall–Kier alpha value is -3.71. The number of thiocarbonyl (C=S) groups is 1. The Morgan fingerprint density at radius 3 is 2.29 bits per heavy atom. The maximum Gasteiger partial charge on any atom is 0.258 e. The van der Waals surface area contributed by atoms with Crippen molar-refractivity contribution in [2.45, 2.75) is 33.3 Å². The van der Waals surface area contributed by atoms with Gasteiger partial charge in [0.25, 0.3) is 11.8 Å². The van der Waals surface area contributed by atoms with E-state index in [1.165, 1.54) is 0 Å². The fourth-order valence-corrected chi connectivity index (χ4v) is 3.48. The Balaban J connectivity index is 1.60. The monoisotopic (exact) mass is 475 g/mol. The minimum Gasteiger partial charge on any atom is -0.491 e. The lowest BCUT2D eigenvalue weighted by atomic mass is 10.1. The molecule has 0 aromatic heterocycles. The van der Waals surface area contributed by atoms with Gasteiger partial charge in [0.15, 0.2) is 5.11 Å². The van der Waals surface area contributed by atoms with Gasteiger partial charge in [-0.3, -0.25) is 14.9 Å². The molecule has 1 atom stereocenters. The van der Waals surface area contributed by atoms with Crippen molar-refractivity contribution < 1.29 is 14.3 Å². The van der Waals surface area contributed by atoms with Gasteiger partial charge in [0, 0.05) is 29.0 Å². The largest absolute Gasteiger partial charge is 0.491 e. The summed E-state index contributed by atoms with van der Waals surface area (Å²) >= 11 is 5.29. The number of para-hydroxylation sites is 1. The van der Waals surface area contributed by atoms with Crippen molar-refractivity contribution >= 4 is 40.5 Å². The summed E-state index contributed by atoms with van der Waals surface area (Å²) in [5.41, 5.74) is 2.52. The molecule has 0 bridgehead atoms. The van der Waals surface area contributed by atoms with Crippen LogP contribution in [-0.2, 0) is 0 Å². The molecule has 176 valence electrons. The highest BCUT2D eigenvalue weighted by atomic mass is 32.1. The number of hydrogen-bond acceptors (Lipinski definition) is 4.